The summed E-state index contributed by atoms with van der Waals surface area (Å²) in [6.07, 6.45) is 1.10. The molecule has 2 rings (SSSR count). The molecule has 0 aromatic heterocycles. The molecule has 0 spiro atoms. The maximum absolute atomic E-state index is 12.0. The Balaban J connectivity index is 2.08. The number of hydrogen-bond acceptors (Lipinski definition) is 4. The fourth-order valence-corrected chi connectivity index (χ4v) is 2.95. The van der Waals surface area contributed by atoms with Crippen LogP contribution in [0.25, 0.3) is 0 Å². The summed E-state index contributed by atoms with van der Waals surface area (Å²) in [5.41, 5.74) is 2.30. The van der Waals surface area contributed by atoms with Gasteiger partial charge in [-0.1, -0.05) is 24.3 Å². The van der Waals surface area contributed by atoms with Crippen molar-refractivity contribution in [1.29, 1.82) is 0 Å². The first-order valence-corrected chi connectivity index (χ1v) is 8.96. The molecule has 0 saturated heterocycles. The van der Waals surface area contributed by atoms with Gasteiger partial charge in [-0.2, -0.15) is 0 Å². The van der Waals surface area contributed by atoms with Gasteiger partial charge in [-0.25, -0.2) is 8.42 Å². The lowest BCUT2D eigenvalue weighted by atomic mass is 10.1. The summed E-state index contributed by atoms with van der Waals surface area (Å²) in [5.74, 6) is 0.221. The molecule has 23 heavy (non-hydrogen) atoms. The predicted molar refractivity (Wildman–Crippen MR) is 89.6 cm³/mol. The first kappa shape index (κ1) is 17.0. The van der Waals surface area contributed by atoms with Gasteiger partial charge in [0.2, 0.25) is 0 Å². The van der Waals surface area contributed by atoms with Gasteiger partial charge in [-0.15, -0.1) is 0 Å². The molecular formula is C17H19NO4S. The van der Waals surface area contributed by atoms with Gasteiger partial charge in [-0.05, 0) is 43.2 Å². The summed E-state index contributed by atoms with van der Waals surface area (Å²) in [6.45, 7) is 3.69. The number of anilines is 1. The first-order chi connectivity index (χ1) is 10.8. The van der Waals surface area contributed by atoms with E-state index in [-0.39, 0.29) is 17.2 Å². The van der Waals surface area contributed by atoms with Crippen LogP contribution in [-0.2, 0) is 14.6 Å². The van der Waals surface area contributed by atoms with E-state index in [2.05, 4.69) is 5.32 Å². The highest BCUT2D eigenvalue weighted by molar-refractivity contribution is 7.90. The van der Waals surface area contributed by atoms with E-state index in [0.717, 1.165) is 17.4 Å². The summed E-state index contributed by atoms with van der Waals surface area (Å²) in [5, 5.41) is 2.58. The molecule has 2 aromatic carbocycles. The number of hydrogen-bond donors (Lipinski definition) is 1. The third-order valence-electron chi connectivity index (χ3n) is 3.47. The fraction of sp³-hybridized carbons (Fsp3) is 0.235. The molecule has 5 nitrogen and oxygen atoms in total. The number of carbonyl (C=O) groups is 1. The van der Waals surface area contributed by atoms with Crippen LogP contribution in [0.5, 0.6) is 5.75 Å². The van der Waals surface area contributed by atoms with Crippen LogP contribution in [-0.4, -0.2) is 27.2 Å². The Labute approximate surface area is 136 Å². The molecule has 0 bridgehead atoms. The van der Waals surface area contributed by atoms with E-state index < -0.39 is 15.7 Å². The summed E-state index contributed by atoms with van der Waals surface area (Å²) in [6, 6.07) is 11.9. The van der Waals surface area contributed by atoms with Crippen LogP contribution in [0.3, 0.4) is 0 Å². The lowest BCUT2D eigenvalue weighted by molar-refractivity contribution is -0.118. The van der Waals surface area contributed by atoms with Crippen LogP contribution in [0.1, 0.15) is 11.1 Å². The minimum absolute atomic E-state index is 0.0834. The Kier molecular flexibility index (Phi) is 5.05. The minimum Gasteiger partial charge on any atom is -0.483 e. The Morgan fingerprint density at radius 2 is 1.78 bits per heavy atom. The monoisotopic (exact) mass is 333 g/mol. The Morgan fingerprint density at radius 1 is 1.09 bits per heavy atom. The number of carbonyl (C=O) groups excluding carboxylic acids is 1. The maximum atomic E-state index is 12.0. The van der Waals surface area contributed by atoms with Crippen LogP contribution in [0, 0.1) is 13.8 Å². The molecule has 1 amide bonds. The van der Waals surface area contributed by atoms with Gasteiger partial charge >= 0.3 is 0 Å². The van der Waals surface area contributed by atoms with Crippen LogP contribution >= 0.6 is 0 Å². The molecule has 0 saturated carbocycles. The Morgan fingerprint density at radius 3 is 2.48 bits per heavy atom. The summed E-state index contributed by atoms with van der Waals surface area (Å²) < 4.78 is 28.9. The number of para-hydroxylation sites is 1. The average molecular weight is 333 g/mol. The van der Waals surface area contributed by atoms with Crippen molar-refractivity contribution in [2.24, 2.45) is 0 Å². The van der Waals surface area contributed by atoms with Gasteiger partial charge in [0.05, 0.1) is 10.6 Å². The van der Waals surface area contributed by atoms with Crippen molar-refractivity contribution in [2.45, 2.75) is 18.7 Å². The lowest BCUT2D eigenvalue weighted by Crippen LogP contribution is -2.21. The number of amides is 1. The van der Waals surface area contributed by atoms with Crippen molar-refractivity contribution in [2.75, 3.05) is 18.2 Å². The zero-order valence-electron chi connectivity index (χ0n) is 13.3. The second-order valence-electron chi connectivity index (χ2n) is 5.30. The maximum Gasteiger partial charge on any atom is 0.262 e. The minimum atomic E-state index is -3.41. The lowest BCUT2D eigenvalue weighted by Gasteiger charge is -2.12. The highest BCUT2D eigenvalue weighted by Crippen LogP contribution is 2.22. The number of nitrogens with one attached hydrogen (secondary N) is 1. The smallest absolute Gasteiger partial charge is 0.262 e. The second-order valence-corrected chi connectivity index (χ2v) is 7.29. The van der Waals surface area contributed by atoms with Crippen molar-refractivity contribution < 1.29 is 17.9 Å². The summed E-state index contributed by atoms with van der Waals surface area (Å²) >= 11 is 0. The average Bonchev–Trinajstić information content (AvgIpc) is 2.48. The number of benzene rings is 2. The SMILES string of the molecule is Cc1cccc(OCC(=O)Nc2ccccc2S(C)(=O)=O)c1C. The molecule has 122 valence electrons. The quantitative estimate of drug-likeness (QED) is 0.913. The van der Waals surface area contributed by atoms with Gasteiger partial charge in [0.1, 0.15) is 5.75 Å². The molecule has 1 N–H and O–H groups in total. The summed E-state index contributed by atoms with van der Waals surface area (Å²) in [7, 11) is -3.41. The highest BCUT2D eigenvalue weighted by Gasteiger charge is 2.15. The topological polar surface area (TPSA) is 72.5 Å². The second kappa shape index (κ2) is 6.83. The predicted octanol–water partition coefficient (Wildman–Crippen LogP) is 2.72. The van der Waals surface area contributed by atoms with Gasteiger partial charge < -0.3 is 10.1 Å². The van der Waals surface area contributed by atoms with Crippen molar-refractivity contribution in [1.82, 2.24) is 0 Å². The van der Waals surface area contributed by atoms with Crippen LogP contribution < -0.4 is 10.1 Å². The zero-order chi connectivity index (χ0) is 17.0. The summed E-state index contributed by atoms with van der Waals surface area (Å²) in [4.78, 5) is 12.1. The molecule has 6 heteroatoms. The standard InChI is InChI=1S/C17H19NO4S/c1-12-7-6-9-15(13(12)2)22-11-17(19)18-14-8-4-5-10-16(14)23(3,20)21/h4-10H,11H2,1-3H3,(H,18,19). The van der Waals surface area contributed by atoms with E-state index in [1.807, 2.05) is 26.0 Å². The van der Waals surface area contributed by atoms with E-state index >= 15 is 0 Å². The molecular weight excluding hydrogens is 314 g/mol. The highest BCUT2D eigenvalue weighted by atomic mass is 32.2. The van der Waals surface area contributed by atoms with Crippen LogP contribution in [0.15, 0.2) is 47.4 Å². The van der Waals surface area contributed by atoms with Crippen molar-refractivity contribution in [3.05, 3.63) is 53.6 Å². The van der Waals surface area contributed by atoms with Gasteiger partial charge in [0.25, 0.3) is 5.91 Å². The molecule has 2 aromatic rings. The molecule has 0 unspecified atom stereocenters. The molecule has 0 atom stereocenters. The van der Waals surface area contributed by atoms with Gasteiger partial charge in [0, 0.05) is 6.26 Å². The molecule has 0 aliphatic carbocycles. The number of aryl methyl sites for hydroxylation is 1. The number of rotatable bonds is 5. The largest absolute Gasteiger partial charge is 0.483 e. The fourth-order valence-electron chi connectivity index (χ4n) is 2.10. The van der Waals surface area contributed by atoms with Crippen molar-refractivity contribution in [3.8, 4) is 5.75 Å². The normalized spacial score (nSPS) is 11.1. The van der Waals surface area contributed by atoms with E-state index in [0.29, 0.717) is 5.75 Å². The van der Waals surface area contributed by atoms with Gasteiger partial charge in [-0.3, -0.25) is 4.79 Å². The Bertz CT molecular complexity index is 828. The molecule has 0 aliphatic heterocycles. The van der Waals surface area contributed by atoms with Crippen molar-refractivity contribution in [3.63, 3.8) is 0 Å². The number of sulfone groups is 1. The molecule has 0 heterocycles. The number of ether oxygens (including phenoxy) is 1. The molecule has 0 fully saturated rings. The van der Waals surface area contributed by atoms with E-state index in [1.165, 1.54) is 6.07 Å². The molecule has 0 radical (unpaired) electrons. The third kappa shape index (κ3) is 4.32. The van der Waals surface area contributed by atoms with E-state index in [4.69, 9.17) is 4.74 Å². The first-order valence-electron chi connectivity index (χ1n) is 7.07. The third-order valence-corrected chi connectivity index (χ3v) is 4.63. The van der Waals surface area contributed by atoms with Crippen LogP contribution in [0.2, 0.25) is 0 Å². The van der Waals surface area contributed by atoms with E-state index in [9.17, 15) is 13.2 Å². The van der Waals surface area contributed by atoms with Crippen molar-refractivity contribution >= 4 is 21.4 Å². The molecule has 0 aliphatic rings. The van der Waals surface area contributed by atoms with E-state index in [1.54, 1.807) is 24.3 Å². The zero-order valence-corrected chi connectivity index (χ0v) is 14.1. The Hall–Kier alpha value is -2.34. The van der Waals surface area contributed by atoms with Gasteiger partial charge in [0.15, 0.2) is 16.4 Å². The van der Waals surface area contributed by atoms with Crippen LogP contribution in [0.4, 0.5) is 5.69 Å².